The van der Waals surface area contributed by atoms with Gasteiger partial charge in [0.15, 0.2) is 16.5 Å². The number of phenols is 1. The Kier molecular flexibility index (Phi) is 5.97. The van der Waals surface area contributed by atoms with Crippen LogP contribution in [-0.2, 0) is 4.79 Å². The van der Waals surface area contributed by atoms with Crippen molar-refractivity contribution < 1.29 is 19.4 Å². The molecule has 3 aromatic rings. The maximum absolute atomic E-state index is 12.8. The molecule has 2 aliphatic rings. The van der Waals surface area contributed by atoms with Gasteiger partial charge in [0.05, 0.1) is 0 Å². The summed E-state index contributed by atoms with van der Waals surface area (Å²) in [5, 5.41) is 12.8. The molecule has 8 nitrogen and oxygen atoms in total. The summed E-state index contributed by atoms with van der Waals surface area (Å²) in [6.07, 6.45) is 2.06. The predicted molar refractivity (Wildman–Crippen MR) is 125 cm³/mol. The van der Waals surface area contributed by atoms with E-state index in [4.69, 9.17) is 4.74 Å². The number of aromatic hydroxyl groups is 1. The number of anilines is 1. The van der Waals surface area contributed by atoms with E-state index < -0.39 is 0 Å². The van der Waals surface area contributed by atoms with Crippen LogP contribution in [-0.4, -0.2) is 70.5 Å². The van der Waals surface area contributed by atoms with Crippen molar-refractivity contribution in [2.45, 2.75) is 12.5 Å². The van der Waals surface area contributed by atoms with Gasteiger partial charge in [-0.2, -0.15) is 0 Å². The lowest BCUT2D eigenvalue weighted by atomic mass is 10.2. The first-order valence-electron chi connectivity index (χ1n) is 10.9. The molecule has 2 aromatic carbocycles. The molecule has 5 rings (SSSR count). The highest BCUT2D eigenvalue weighted by atomic mass is 32.1. The molecule has 0 saturated carbocycles. The van der Waals surface area contributed by atoms with E-state index in [0.29, 0.717) is 48.2 Å². The standard InChI is InChI=1S/C24H24N4O4S/c29-20-14-17(6-7-21(20)32-19-4-2-1-3-5-19)28-16-18(15-22(28)30)26-9-11-27(12-10-26)24(31)23-25-8-13-33-23/h1-8,13-14,18,29H,9-12,15-16H2. The zero-order valence-electron chi connectivity index (χ0n) is 18.0. The molecule has 0 radical (unpaired) electrons. The van der Waals surface area contributed by atoms with Crippen LogP contribution in [0, 0.1) is 0 Å². The van der Waals surface area contributed by atoms with Gasteiger partial charge in [0, 0.05) is 68.5 Å². The first-order chi connectivity index (χ1) is 16.1. The van der Waals surface area contributed by atoms with E-state index in [0.717, 1.165) is 13.1 Å². The lowest BCUT2D eigenvalue weighted by Gasteiger charge is -2.37. The van der Waals surface area contributed by atoms with Crippen LogP contribution in [0.2, 0.25) is 0 Å². The van der Waals surface area contributed by atoms with Crippen molar-refractivity contribution in [3.05, 3.63) is 65.1 Å². The van der Waals surface area contributed by atoms with Crippen molar-refractivity contribution in [3.8, 4) is 17.2 Å². The number of rotatable bonds is 5. The van der Waals surface area contributed by atoms with Gasteiger partial charge >= 0.3 is 0 Å². The van der Waals surface area contributed by atoms with E-state index in [1.165, 1.54) is 11.3 Å². The van der Waals surface area contributed by atoms with E-state index in [-0.39, 0.29) is 23.6 Å². The van der Waals surface area contributed by atoms with Gasteiger partial charge in [-0.15, -0.1) is 11.3 Å². The molecule has 33 heavy (non-hydrogen) atoms. The van der Waals surface area contributed by atoms with Crippen LogP contribution in [0.5, 0.6) is 17.2 Å². The van der Waals surface area contributed by atoms with Crippen molar-refractivity contribution in [2.75, 3.05) is 37.6 Å². The number of para-hydroxylation sites is 1. The first-order valence-corrected chi connectivity index (χ1v) is 11.8. The maximum Gasteiger partial charge on any atom is 0.282 e. The minimum atomic E-state index is -0.0259. The minimum Gasteiger partial charge on any atom is -0.504 e. The quantitative estimate of drug-likeness (QED) is 0.624. The second kappa shape index (κ2) is 9.21. The number of carbonyl (C=O) groups excluding carboxylic acids is 2. The van der Waals surface area contributed by atoms with Crippen LogP contribution in [0.1, 0.15) is 16.2 Å². The number of thiazole rings is 1. The molecule has 0 spiro atoms. The summed E-state index contributed by atoms with van der Waals surface area (Å²) in [6.45, 7) is 3.23. The van der Waals surface area contributed by atoms with Crippen molar-refractivity contribution in [2.24, 2.45) is 0 Å². The van der Waals surface area contributed by atoms with Crippen LogP contribution < -0.4 is 9.64 Å². The van der Waals surface area contributed by atoms with Crippen LogP contribution in [0.4, 0.5) is 5.69 Å². The molecule has 9 heteroatoms. The number of phenolic OH excluding ortho intramolecular Hbond substituents is 1. The SMILES string of the molecule is O=C(c1nccs1)N1CCN(C2CC(=O)N(c3ccc(Oc4ccccc4)c(O)c3)C2)CC1. The molecular weight excluding hydrogens is 440 g/mol. The van der Waals surface area contributed by atoms with Gasteiger partial charge in [0.25, 0.3) is 5.91 Å². The Balaban J connectivity index is 1.20. The Morgan fingerprint density at radius 3 is 2.58 bits per heavy atom. The van der Waals surface area contributed by atoms with Crippen LogP contribution in [0.15, 0.2) is 60.1 Å². The summed E-state index contributed by atoms with van der Waals surface area (Å²) in [5.74, 6) is 0.959. The molecule has 1 aromatic heterocycles. The Bertz CT molecular complexity index is 1130. The van der Waals surface area contributed by atoms with Crippen molar-refractivity contribution in [3.63, 3.8) is 0 Å². The second-order valence-electron chi connectivity index (χ2n) is 8.09. The highest BCUT2D eigenvalue weighted by molar-refractivity contribution is 7.11. The fourth-order valence-corrected chi connectivity index (χ4v) is 4.92. The summed E-state index contributed by atoms with van der Waals surface area (Å²) in [4.78, 5) is 35.2. The summed E-state index contributed by atoms with van der Waals surface area (Å²) < 4.78 is 5.73. The maximum atomic E-state index is 12.8. The molecule has 2 saturated heterocycles. The van der Waals surface area contributed by atoms with Gasteiger partial charge in [0.2, 0.25) is 5.91 Å². The second-order valence-corrected chi connectivity index (χ2v) is 8.99. The number of ether oxygens (including phenoxy) is 1. The number of hydrogen-bond acceptors (Lipinski definition) is 7. The largest absolute Gasteiger partial charge is 0.504 e. The number of hydrogen-bond donors (Lipinski definition) is 1. The van der Waals surface area contributed by atoms with Gasteiger partial charge < -0.3 is 19.6 Å². The molecule has 1 N–H and O–H groups in total. The zero-order valence-corrected chi connectivity index (χ0v) is 18.8. The molecule has 3 heterocycles. The molecule has 0 aliphatic carbocycles. The molecule has 1 atom stereocenters. The first kappa shape index (κ1) is 21.4. The fraction of sp³-hybridized carbons (Fsp3) is 0.292. The van der Waals surface area contributed by atoms with Gasteiger partial charge in [0.1, 0.15) is 5.75 Å². The van der Waals surface area contributed by atoms with Gasteiger partial charge in [-0.3, -0.25) is 14.5 Å². The Hall–Kier alpha value is -3.43. The average Bonchev–Trinajstić information content (AvgIpc) is 3.51. The normalized spacial score (nSPS) is 19.2. The smallest absolute Gasteiger partial charge is 0.282 e. The Labute approximate surface area is 195 Å². The number of benzene rings is 2. The molecule has 2 fully saturated rings. The van der Waals surface area contributed by atoms with Crippen molar-refractivity contribution in [1.82, 2.24) is 14.8 Å². The molecular formula is C24H24N4O4S. The number of amides is 2. The average molecular weight is 465 g/mol. The van der Waals surface area contributed by atoms with E-state index in [1.807, 2.05) is 35.2 Å². The van der Waals surface area contributed by atoms with Crippen LogP contribution >= 0.6 is 11.3 Å². The van der Waals surface area contributed by atoms with E-state index in [9.17, 15) is 14.7 Å². The molecule has 170 valence electrons. The van der Waals surface area contributed by atoms with Gasteiger partial charge in [-0.1, -0.05) is 18.2 Å². The lowest BCUT2D eigenvalue weighted by molar-refractivity contribution is -0.117. The molecule has 2 aliphatic heterocycles. The third-order valence-corrected chi connectivity index (χ3v) is 6.82. The number of piperazine rings is 1. The highest BCUT2D eigenvalue weighted by Gasteiger charge is 2.36. The topological polar surface area (TPSA) is 86.2 Å². The summed E-state index contributed by atoms with van der Waals surface area (Å²) in [7, 11) is 0. The van der Waals surface area contributed by atoms with Crippen LogP contribution in [0.3, 0.4) is 0 Å². The Morgan fingerprint density at radius 2 is 1.88 bits per heavy atom. The monoisotopic (exact) mass is 464 g/mol. The Morgan fingerprint density at radius 1 is 1.09 bits per heavy atom. The number of aromatic nitrogens is 1. The number of nitrogens with zero attached hydrogens (tertiary/aromatic N) is 4. The fourth-order valence-electron chi connectivity index (χ4n) is 4.31. The van der Waals surface area contributed by atoms with Crippen molar-refractivity contribution >= 4 is 28.8 Å². The molecule has 1 unspecified atom stereocenters. The molecule has 2 amide bonds. The number of carbonyl (C=O) groups is 2. The third-order valence-electron chi connectivity index (χ3n) is 6.06. The predicted octanol–water partition coefficient (Wildman–Crippen LogP) is 3.20. The summed E-state index contributed by atoms with van der Waals surface area (Å²) in [6, 6.07) is 14.4. The van der Waals surface area contributed by atoms with E-state index in [1.54, 1.807) is 34.7 Å². The van der Waals surface area contributed by atoms with E-state index >= 15 is 0 Å². The third kappa shape index (κ3) is 4.55. The zero-order chi connectivity index (χ0) is 22.8. The molecule has 0 bridgehead atoms. The van der Waals surface area contributed by atoms with Gasteiger partial charge in [-0.05, 0) is 24.3 Å². The minimum absolute atomic E-state index is 0.0121. The van der Waals surface area contributed by atoms with E-state index in [2.05, 4.69) is 9.88 Å². The summed E-state index contributed by atoms with van der Waals surface area (Å²) in [5.41, 5.74) is 0.651. The lowest BCUT2D eigenvalue weighted by Crippen LogP contribution is -2.52. The summed E-state index contributed by atoms with van der Waals surface area (Å²) >= 11 is 1.35. The van der Waals surface area contributed by atoms with Crippen LogP contribution in [0.25, 0.3) is 0 Å². The highest BCUT2D eigenvalue weighted by Crippen LogP contribution is 2.35. The van der Waals surface area contributed by atoms with Crippen molar-refractivity contribution in [1.29, 1.82) is 0 Å². The van der Waals surface area contributed by atoms with Gasteiger partial charge in [-0.25, -0.2) is 4.98 Å².